The van der Waals surface area contributed by atoms with E-state index in [1.54, 1.807) is 12.4 Å². The number of aromatic nitrogens is 1. The van der Waals surface area contributed by atoms with Crippen molar-refractivity contribution in [3.05, 3.63) is 30.1 Å². The highest BCUT2D eigenvalue weighted by molar-refractivity contribution is 6.01. The number of nitrogens with zero attached hydrogens (tertiary/aromatic N) is 2. The Morgan fingerprint density at radius 3 is 2.38 bits per heavy atom. The number of pyridine rings is 1. The molecule has 1 aliphatic heterocycles. The van der Waals surface area contributed by atoms with E-state index in [2.05, 4.69) is 18.8 Å². The first-order valence-corrected chi connectivity index (χ1v) is 9.43. The molecular formula is C20H30N2O2. The molecule has 24 heavy (non-hydrogen) atoms. The normalized spacial score (nSPS) is 21.3. The predicted octanol–water partition coefficient (Wildman–Crippen LogP) is 4.31. The number of carbonyl (C=O) groups is 2. The van der Waals surface area contributed by atoms with Crippen LogP contribution in [0, 0.1) is 5.92 Å². The molecule has 0 saturated carbocycles. The Bertz CT molecular complexity index is 530. The Morgan fingerprint density at radius 1 is 1.04 bits per heavy atom. The molecule has 1 aromatic heterocycles. The van der Waals surface area contributed by atoms with E-state index in [0.29, 0.717) is 13.0 Å². The van der Waals surface area contributed by atoms with Gasteiger partial charge < -0.3 is 0 Å². The van der Waals surface area contributed by atoms with Crippen molar-refractivity contribution in [2.75, 3.05) is 6.54 Å². The average molecular weight is 330 g/mol. The molecule has 1 aliphatic rings. The van der Waals surface area contributed by atoms with Crippen molar-refractivity contribution >= 4 is 11.8 Å². The molecule has 4 nitrogen and oxygen atoms in total. The van der Waals surface area contributed by atoms with Gasteiger partial charge in [-0.05, 0) is 30.0 Å². The van der Waals surface area contributed by atoms with Crippen LogP contribution in [0.25, 0.3) is 0 Å². The number of rotatable bonds is 9. The van der Waals surface area contributed by atoms with E-state index in [1.807, 2.05) is 12.1 Å². The number of piperidine rings is 1. The van der Waals surface area contributed by atoms with Crippen molar-refractivity contribution in [3.8, 4) is 0 Å². The van der Waals surface area contributed by atoms with Crippen LogP contribution < -0.4 is 0 Å². The summed E-state index contributed by atoms with van der Waals surface area (Å²) in [6.45, 7) is 4.83. The Kier molecular flexibility index (Phi) is 7.41. The zero-order valence-corrected chi connectivity index (χ0v) is 15.0. The smallest absolute Gasteiger partial charge is 0.237 e. The highest BCUT2D eigenvalue weighted by atomic mass is 16.2. The van der Waals surface area contributed by atoms with E-state index < -0.39 is 0 Å². The number of imide groups is 1. The van der Waals surface area contributed by atoms with Crippen LogP contribution >= 0.6 is 0 Å². The molecule has 2 rings (SSSR count). The van der Waals surface area contributed by atoms with Gasteiger partial charge in [0.25, 0.3) is 0 Å². The first kappa shape index (κ1) is 18.6. The third-order valence-electron chi connectivity index (χ3n) is 5.07. The first-order chi connectivity index (χ1) is 11.7. The molecule has 0 N–H and O–H groups in total. The minimum absolute atomic E-state index is 0.00529. The Labute approximate surface area is 145 Å². The van der Waals surface area contributed by atoms with Crippen LogP contribution in [0.2, 0.25) is 0 Å². The number of hydrogen-bond acceptors (Lipinski definition) is 3. The zero-order valence-electron chi connectivity index (χ0n) is 15.0. The molecule has 1 aromatic rings. The lowest BCUT2D eigenvalue weighted by molar-refractivity contribution is -0.151. The summed E-state index contributed by atoms with van der Waals surface area (Å²) in [6.07, 6.45) is 11.7. The van der Waals surface area contributed by atoms with Crippen LogP contribution in [0.3, 0.4) is 0 Å². The quantitative estimate of drug-likeness (QED) is 0.501. The largest absolute Gasteiger partial charge is 0.282 e. The maximum atomic E-state index is 13.0. The van der Waals surface area contributed by atoms with Gasteiger partial charge in [-0.2, -0.15) is 0 Å². The molecule has 0 spiro atoms. The molecule has 4 heteroatoms. The number of amides is 2. The van der Waals surface area contributed by atoms with Gasteiger partial charge in [-0.1, -0.05) is 52.4 Å². The standard InChI is InChI=1S/C20H30N2O2/c1-3-5-6-7-8-9-14-22-18(23)15-16(4-2)19(20(22)24)17-10-12-21-13-11-17/h10-13,16,19H,3-9,14-15H2,1-2H3/t16?,19-/m1/s1. The lowest BCUT2D eigenvalue weighted by Crippen LogP contribution is -2.48. The topological polar surface area (TPSA) is 50.3 Å². The Balaban J connectivity index is 1.99. The van der Waals surface area contributed by atoms with Gasteiger partial charge in [0.2, 0.25) is 11.8 Å². The van der Waals surface area contributed by atoms with E-state index in [9.17, 15) is 9.59 Å². The summed E-state index contributed by atoms with van der Waals surface area (Å²) in [5.74, 6) is -0.104. The fourth-order valence-electron chi connectivity index (χ4n) is 3.60. The summed E-state index contributed by atoms with van der Waals surface area (Å²) in [6, 6.07) is 3.81. The number of hydrogen-bond donors (Lipinski definition) is 0. The van der Waals surface area contributed by atoms with Crippen molar-refractivity contribution in [2.45, 2.75) is 71.1 Å². The van der Waals surface area contributed by atoms with E-state index in [4.69, 9.17) is 0 Å². The van der Waals surface area contributed by atoms with E-state index >= 15 is 0 Å². The molecule has 1 saturated heterocycles. The number of carbonyl (C=O) groups excluding carboxylic acids is 2. The molecule has 132 valence electrons. The fourth-order valence-corrected chi connectivity index (χ4v) is 3.60. The molecule has 2 amide bonds. The van der Waals surface area contributed by atoms with E-state index in [1.165, 1.54) is 30.6 Å². The van der Waals surface area contributed by atoms with Gasteiger partial charge in [0.1, 0.15) is 0 Å². The van der Waals surface area contributed by atoms with Crippen molar-refractivity contribution in [1.29, 1.82) is 0 Å². The Hall–Kier alpha value is -1.71. The Morgan fingerprint density at radius 2 is 1.71 bits per heavy atom. The second-order valence-electron chi connectivity index (χ2n) is 6.78. The molecule has 2 atom stereocenters. The monoisotopic (exact) mass is 330 g/mol. The highest BCUT2D eigenvalue weighted by Crippen LogP contribution is 2.36. The maximum absolute atomic E-state index is 13.0. The minimum atomic E-state index is -0.198. The molecule has 1 unspecified atom stereocenters. The molecule has 0 aromatic carbocycles. The van der Waals surface area contributed by atoms with Gasteiger partial charge in [-0.25, -0.2) is 0 Å². The summed E-state index contributed by atoms with van der Waals surface area (Å²) >= 11 is 0. The van der Waals surface area contributed by atoms with Gasteiger partial charge in [-0.3, -0.25) is 19.5 Å². The second kappa shape index (κ2) is 9.55. The number of likely N-dealkylation sites (tertiary alicyclic amines) is 1. The summed E-state index contributed by atoms with van der Waals surface area (Å²) in [7, 11) is 0. The SMILES string of the molecule is CCCCCCCCN1C(=O)CC(CC)[C@H](c2ccncc2)C1=O. The third-order valence-corrected chi connectivity index (χ3v) is 5.07. The predicted molar refractivity (Wildman–Crippen MR) is 95.5 cm³/mol. The van der Waals surface area contributed by atoms with Crippen LogP contribution in [0.4, 0.5) is 0 Å². The van der Waals surface area contributed by atoms with Gasteiger partial charge in [-0.15, -0.1) is 0 Å². The van der Waals surface area contributed by atoms with Gasteiger partial charge in [0, 0.05) is 25.4 Å². The lowest BCUT2D eigenvalue weighted by Gasteiger charge is -2.36. The van der Waals surface area contributed by atoms with Crippen LogP contribution in [0.5, 0.6) is 0 Å². The van der Waals surface area contributed by atoms with Crippen molar-refractivity contribution in [2.24, 2.45) is 5.92 Å². The molecule has 0 radical (unpaired) electrons. The molecular weight excluding hydrogens is 300 g/mol. The first-order valence-electron chi connectivity index (χ1n) is 9.43. The van der Waals surface area contributed by atoms with Crippen LogP contribution in [0.15, 0.2) is 24.5 Å². The van der Waals surface area contributed by atoms with Crippen LogP contribution in [-0.2, 0) is 9.59 Å². The van der Waals surface area contributed by atoms with Crippen molar-refractivity contribution < 1.29 is 9.59 Å². The van der Waals surface area contributed by atoms with Gasteiger partial charge >= 0.3 is 0 Å². The molecule has 0 aliphatic carbocycles. The summed E-state index contributed by atoms with van der Waals surface area (Å²) in [5.41, 5.74) is 0.988. The summed E-state index contributed by atoms with van der Waals surface area (Å²) in [4.78, 5) is 30.9. The van der Waals surface area contributed by atoms with Gasteiger partial charge in [0.15, 0.2) is 0 Å². The minimum Gasteiger partial charge on any atom is -0.282 e. The highest BCUT2D eigenvalue weighted by Gasteiger charge is 2.40. The maximum Gasteiger partial charge on any atom is 0.237 e. The lowest BCUT2D eigenvalue weighted by atomic mass is 9.78. The summed E-state index contributed by atoms with van der Waals surface area (Å²) in [5, 5.41) is 0. The average Bonchev–Trinajstić information content (AvgIpc) is 2.60. The fraction of sp³-hybridized carbons (Fsp3) is 0.650. The van der Waals surface area contributed by atoms with E-state index in [0.717, 1.165) is 24.8 Å². The number of unbranched alkanes of at least 4 members (excludes halogenated alkanes) is 5. The van der Waals surface area contributed by atoms with Crippen LogP contribution in [-0.4, -0.2) is 28.2 Å². The van der Waals surface area contributed by atoms with Crippen LogP contribution in [0.1, 0.15) is 76.7 Å². The molecule has 2 heterocycles. The second-order valence-corrected chi connectivity index (χ2v) is 6.78. The van der Waals surface area contributed by atoms with Gasteiger partial charge in [0.05, 0.1) is 5.92 Å². The molecule has 0 bridgehead atoms. The van der Waals surface area contributed by atoms with Crippen molar-refractivity contribution in [3.63, 3.8) is 0 Å². The molecule has 1 fully saturated rings. The zero-order chi connectivity index (χ0) is 17.4. The van der Waals surface area contributed by atoms with E-state index in [-0.39, 0.29) is 23.7 Å². The summed E-state index contributed by atoms with van der Waals surface area (Å²) < 4.78 is 0. The van der Waals surface area contributed by atoms with Crippen molar-refractivity contribution in [1.82, 2.24) is 9.88 Å². The third kappa shape index (κ3) is 4.65.